The van der Waals surface area contributed by atoms with Crippen molar-refractivity contribution in [3.63, 3.8) is 0 Å². The number of hydrogen-bond donors (Lipinski definition) is 1. The number of esters is 1. The van der Waals surface area contributed by atoms with Gasteiger partial charge in [0.25, 0.3) is 0 Å². The maximum atomic E-state index is 11.7. The average Bonchev–Trinajstić information content (AvgIpc) is 3.00. The lowest BCUT2D eigenvalue weighted by Crippen LogP contribution is -2.32. The summed E-state index contributed by atoms with van der Waals surface area (Å²) in [6.07, 6.45) is 5.72. The monoisotopic (exact) mass is 223 g/mol. The van der Waals surface area contributed by atoms with E-state index in [1.54, 1.807) is 12.5 Å². The van der Waals surface area contributed by atoms with Crippen LogP contribution in [0.2, 0.25) is 0 Å². The fourth-order valence-electron chi connectivity index (χ4n) is 1.71. The van der Waals surface area contributed by atoms with Crippen molar-refractivity contribution >= 4 is 5.97 Å². The lowest BCUT2D eigenvalue weighted by molar-refractivity contribution is -0.143. The first kappa shape index (κ1) is 11.1. The molecule has 0 spiro atoms. The van der Waals surface area contributed by atoms with Gasteiger partial charge in [0.2, 0.25) is 0 Å². The molecule has 0 aromatic carbocycles. The van der Waals surface area contributed by atoms with Crippen LogP contribution in [0.4, 0.5) is 0 Å². The molecular formula is C11H17N3O2. The van der Waals surface area contributed by atoms with Crippen LogP contribution in [0.3, 0.4) is 0 Å². The molecule has 1 atom stereocenters. The van der Waals surface area contributed by atoms with Crippen LogP contribution in [0.1, 0.15) is 31.5 Å². The van der Waals surface area contributed by atoms with Gasteiger partial charge in [0, 0.05) is 12.6 Å². The molecule has 1 aliphatic carbocycles. The standard InChI is InChI=1S/C11H17N3O2/c1-3-14-7-12-6-9(14)10(11(15)16-2)13-8-4-5-8/h6-8,10,13H,3-5H2,1-2H3. The second kappa shape index (κ2) is 4.65. The van der Waals surface area contributed by atoms with Crippen LogP contribution in [0, 0.1) is 0 Å². The third-order valence-electron chi connectivity index (χ3n) is 2.80. The molecule has 0 radical (unpaired) electrons. The van der Waals surface area contributed by atoms with Crippen molar-refractivity contribution in [3.8, 4) is 0 Å². The molecule has 2 rings (SSSR count). The fourth-order valence-corrected chi connectivity index (χ4v) is 1.71. The Morgan fingerprint density at radius 2 is 2.50 bits per heavy atom. The Bertz CT molecular complexity index is 371. The summed E-state index contributed by atoms with van der Waals surface area (Å²) in [5, 5.41) is 3.28. The molecule has 0 bridgehead atoms. The normalized spacial score (nSPS) is 17.1. The van der Waals surface area contributed by atoms with Gasteiger partial charge in [0.1, 0.15) is 6.04 Å². The van der Waals surface area contributed by atoms with Gasteiger partial charge in [-0.2, -0.15) is 0 Å². The summed E-state index contributed by atoms with van der Waals surface area (Å²) in [7, 11) is 1.41. The maximum Gasteiger partial charge on any atom is 0.329 e. The molecule has 1 aliphatic rings. The number of imidazole rings is 1. The van der Waals surface area contributed by atoms with Crippen LogP contribution < -0.4 is 5.32 Å². The number of hydrogen-bond acceptors (Lipinski definition) is 4. The van der Waals surface area contributed by atoms with E-state index in [0.29, 0.717) is 6.04 Å². The fraction of sp³-hybridized carbons (Fsp3) is 0.636. The lowest BCUT2D eigenvalue weighted by Gasteiger charge is -2.17. The quantitative estimate of drug-likeness (QED) is 0.752. The van der Waals surface area contributed by atoms with Crippen LogP contribution in [-0.4, -0.2) is 28.7 Å². The van der Waals surface area contributed by atoms with Gasteiger partial charge in [0.15, 0.2) is 0 Å². The predicted octanol–water partition coefficient (Wildman–Crippen LogP) is 0.869. The second-order valence-electron chi connectivity index (χ2n) is 4.00. The molecular weight excluding hydrogens is 206 g/mol. The zero-order valence-electron chi connectivity index (χ0n) is 9.64. The number of nitrogens with zero attached hydrogens (tertiary/aromatic N) is 2. The van der Waals surface area contributed by atoms with Crippen molar-refractivity contribution in [1.82, 2.24) is 14.9 Å². The van der Waals surface area contributed by atoms with Crippen LogP contribution >= 0.6 is 0 Å². The smallest absolute Gasteiger partial charge is 0.329 e. The highest BCUT2D eigenvalue weighted by Gasteiger charge is 2.31. The summed E-state index contributed by atoms with van der Waals surface area (Å²) in [6, 6.07) is 0.0595. The molecule has 5 nitrogen and oxygen atoms in total. The SMILES string of the molecule is CCn1cncc1C(NC1CC1)C(=O)OC. The Morgan fingerprint density at radius 1 is 1.75 bits per heavy atom. The van der Waals surface area contributed by atoms with Crippen LogP contribution in [0.5, 0.6) is 0 Å². The molecule has 1 aromatic rings. The largest absolute Gasteiger partial charge is 0.468 e. The van der Waals surface area contributed by atoms with Gasteiger partial charge in [-0.3, -0.25) is 5.32 Å². The second-order valence-corrected chi connectivity index (χ2v) is 4.00. The first-order valence-corrected chi connectivity index (χ1v) is 5.60. The van der Waals surface area contributed by atoms with E-state index in [0.717, 1.165) is 25.1 Å². The highest BCUT2D eigenvalue weighted by Crippen LogP contribution is 2.24. The number of aryl methyl sites for hydroxylation is 1. The van der Waals surface area contributed by atoms with Crippen molar-refractivity contribution in [2.75, 3.05) is 7.11 Å². The van der Waals surface area contributed by atoms with Gasteiger partial charge < -0.3 is 9.30 Å². The number of carbonyl (C=O) groups is 1. The molecule has 0 amide bonds. The van der Waals surface area contributed by atoms with Crippen LogP contribution in [0.15, 0.2) is 12.5 Å². The first-order chi connectivity index (χ1) is 7.76. The van der Waals surface area contributed by atoms with Gasteiger partial charge in [-0.1, -0.05) is 0 Å². The van der Waals surface area contributed by atoms with Gasteiger partial charge in [-0.05, 0) is 19.8 Å². The summed E-state index contributed by atoms with van der Waals surface area (Å²) in [5.41, 5.74) is 0.876. The highest BCUT2D eigenvalue weighted by molar-refractivity contribution is 5.77. The zero-order valence-corrected chi connectivity index (χ0v) is 9.64. The molecule has 1 saturated carbocycles. The van der Waals surface area contributed by atoms with E-state index < -0.39 is 0 Å². The first-order valence-electron chi connectivity index (χ1n) is 5.60. The molecule has 16 heavy (non-hydrogen) atoms. The topological polar surface area (TPSA) is 56.2 Å². The molecule has 0 aliphatic heterocycles. The predicted molar refractivity (Wildman–Crippen MR) is 58.8 cm³/mol. The molecule has 1 heterocycles. The lowest BCUT2D eigenvalue weighted by atomic mass is 10.2. The number of aromatic nitrogens is 2. The van der Waals surface area contributed by atoms with Gasteiger partial charge in [-0.15, -0.1) is 0 Å². The Morgan fingerprint density at radius 3 is 3.06 bits per heavy atom. The average molecular weight is 223 g/mol. The van der Waals surface area contributed by atoms with Crippen molar-refractivity contribution < 1.29 is 9.53 Å². The zero-order chi connectivity index (χ0) is 11.5. The number of ether oxygens (including phenoxy) is 1. The Labute approximate surface area is 94.8 Å². The molecule has 1 unspecified atom stereocenters. The van der Waals surface area contributed by atoms with E-state index >= 15 is 0 Å². The third kappa shape index (κ3) is 2.24. The molecule has 88 valence electrons. The molecule has 1 N–H and O–H groups in total. The molecule has 1 fully saturated rings. The van der Waals surface area contributed by atoms with Crippen LogP contribution in [0.25, 0.3) is 0 Å². The highest BCUT2D eigenvalue weighted by atomic mass is 16.5. The summed E-state index contributed by atoms with van der Waals surface area (Å²) in [5.74, 6) is -0.248. The number of nitrogens with one attached hydrogen (secondary N) is 1. The number of rotatable bonds is 5. The van der Waals surface area contributed by atoms with Gasteiger partial charge in [-0.25, -0.2) is 9.78 Å². The Hall–Kier alpha value is -1.36. The van der Waals surface area contributed by atoms with Crippen LogP contribution in [-0.2, 0) is 16.1 Å². The molecule has 1 aromatic heterocycles. The number of carbonyl (C=O) groups excluding carboxylic acids is 1. The maximum absolute atomic E-state index is 11.7. The van der Waals surface area contributed by atoms with Crippen molar-refractivity contribution in [2.45, 2.75) is 38.4 Å². The van der Waals surface area contributed by atoms with Crippen molar-refractivity contribution in [2.24, 2.45) is 0 Å². The van der Waals surface area contributed by atoms with E-state index in [4.69, 9.17) is 4.74 Å². The minimum atomic E-state index is -0.389. The Balaban J connectivity index is 2.19. The van der Waals surface area contributed by atoms with E-state index in [2.05, 4.69) is 10.3 Å². The van der Waals surface area contributed by atoms with E-state index in [1.165, 1.54) is 7.11 Å². The number of methoxy groups -OCH3 is 1. The van der Waals surface area contributed by atoms with E-state index in [-0.39, 0.29) is 12.0 Å². The molecule has 0 saturated heterocycles. The van der Waals surface area contributed by atoms with Gasteiger partial charge in [0.05, 0.1) is 25.3 Å². The van der Waals surface area contributed by atoms with Crippen molar-refractivity contribution in [1.29, 1.82) is 0 Å². The minimum absolute atomic E-state index is 0.248. The summed E-state index contributed by atoms with van der Waals surface area (Å²) < 4.78 is 6.78. The molecule has 5 heteroatoms. The summed E-state index contributed by atoms with van der Waals surface area (Å²) in [6.45, 7) is 2.83. The Kier molecular flexibility index (Phi) is 3.24. The van der Waals surface area contributed by atoms with Crippen molar-refractivity contribution in [3.05, 3.63) is 18.2 Å². The van der Waals surface area contributed by atoms with E-state index in [1.807, 2.05) is 11.5 Å². The summed E-state index contributed by atoms with van der Waals surface area (Å²) in [4.78, 5) is 15.8. The third-order valence-corrected chi connectivity index (χ3v) is 2.80. The van der Waals surface area contributed by atoms with Gasteiger partial charge >= 0.3 is 5.97 Å². The van der Waals surface area contributed by atoms with E-state index in [9.17, 15) is 4.79 Å². The minimum Gasteiger partial charge on any atom is -0.468 e. The summed E-state index contributed by atoms with van der Waals surface area (Å²) >= 11 is 0.